The highest BCUT2D eigenvalue weighted by Gasteiger charge is 2.28. The standard InChI is InChI=1S/C13H17ClN2O3S/c1-7-3-10(4-7)16-13(17)11-5-9(14)6-12(8(11)2)20(15,18)19/h5-7,10H,3-4H2,1-2H3,(H,16,17)(H2,15,18,19). The van der Waals surface area contributed by atoms with E-state index in [2.05, 4.69) is 12.2 Å². The largest absolute Gasteiger partial charge is 0.349 e. The van der Waals surface area contributed by atoms with Gasteiger partial charge in [0, 0.05) is 16.6 Å². The second-order valence-corrected chi connectivity index (χ2v) is 7.33. The van der Waals surface area contributed by atoms with Crippen LogP contribution in [0.1, 0.15) is 35.7 Å². The summed E-state index contributed by atoms with van der Waals surface area (Å²) in [6.07, 6.45) is 1.88. The number of nitrogens with one attached hydrogen (secondary N) is 1. The summed E-state index contributed by atoms with van der Waals surface area (Å²) in [5, 5.41) is 8.18. The Labute approximate surface area is 123 Å². The third kappa shape index (κ3) is 3.13. The summed E-state index contributed by atoms with van der Waals surface area (Å²) in [6.45, 7) is 3.67. The van der Waals surface area contributed by atoms with E-state index < -0.39 is 10.0 Å². The van der Waals surface area contributed by atoms with Gasteiger partial charge in [-0.25, -0.2) is 13.6 Å². The molecule has 1 saturated carbocycles. The first-order valence-corrected chi connectivity index (χ1v) is 8.24. The van der Waals surface area contributed by atoms with E-state index in [1.807, 2.05) is 0 Å². The van der Waals surface area contributed by atoms with Crippen molar-refractivity contribution in [3.05, 3.63) is 28.3 Å². The zero-order chi connectivity index (χ0) is 15.1. The highest BCUT2D eigenvalue weighted by Crippen LogP contribution is 2.28. The lowest BCUT2D eigenvalue weighted by Gasteiger charge is -2.33. The third-order valence-corrected chi connectivity index (χ3v) is 4.84. The fourth-order valence-electron chi connectivity index (χ4n) is 2.47. The molecular formula is C13H17ClN2O3S. The smallest absolute Gasteiger partial charge is 0.251 e. The number of primary sulfonamides is 1. The van der Waals surface area contributed by atoms with Gasteiger partial charge in [0.15, 0.2) is 0 Å². The lowest BCUT2D eigenvalue weighted by molar-refractivity contribution is 0.0895. The van der Waals surface area contributed by atoms with E-state index in [1.165, 1.54) is 12.1 Å². The maximum Gasteiger partial charge on any atom is 0.251 e. The van der Waals surface area contributed by atoms with Gasteiger partial charge >= 0.3 is 0 Å². The van der Waals surface area contributed by atoms with Crippen LogP contribution in [0, 0.1) is 12.8 Å². The molecule has 1 aromatic carbocycles. The fourth-order valence-corrected chi connectivity index (χ4v) is 3.58. The molecule has 20 heavy (non-hydrogen) atoms. The summed E-state index contributed by atoms with van der Waals surface area (Å²) in [6, 6.07) is 2.87. The Hall–Kier alpha value is -1.11. The van der Waals surface area contributed by atoms with Gasteiger partial charge in [0.2, 0.25) is 10.0 Å². The summed E-state index contributed by atoms with van der Waals surface area (Å²) in [5.41, 5.74) is 0.572. The number of hydrogen-bond donors (Lipinski definition) is 2. The molecule has 0 radical (unpaired) electrons. The predicted octanol–water partition coefficient (Wildman–Crippen LogP) is 1.82. The molecule has 7 heteroatoms. The molecular weight excluding hydrogens is 300 g/mol. The first-order chi connectivity index (χ1) is 9.18. The Kier molecular flexibility index (Phi) is 4.09. The molecule has 3 N–H and O–H groups in total. The molecule has 0 atom stereocenters. The number of nitrogens with two attached hydrogens (primary N) is 1. The number of halogens is 1. The Balaban J connectivity index is 2.32. The molecule has 0 bridgehead atoms. The number of hydrogen-bond acceptors (Lipinski definition) is 3. The molecule has 1 amide bonds. The van der Waals surface area contributed by atoms with Crippen molar-refractivity contribution in [3.8, 4) is 0 Å². The van der Waals surface area contributed by atoms with Gasteiger partial charge < -0.3 is 5.32 Å². The maximum atomic E-state index is 12.2. The van der Waals surface area contributed by atoms with E-state index in [0.717, 1.165) is 12.8 Å². The summed E-state index contributed by atoms with van der Waals surface area (Å²) in [5.74, 6) is 0.299. The fraction of sp³-hybridized carbons (Fsp3) is 0.462. The van der Waals surface area contributed by atoms with Crippen molar-refractivity contribution in [1.29, 1.82) is 0 Å². The van der Waals surface area contributed by atoms with Crippen molar-refractivity contribution >= 4 is 27.5 Å². The van der Waals surface area contributed by atoms with Crippen LogP contribution in [0.2, 0.25) is 5.02 Å². The van der Waals surface area contributed by atoms with Crippen LogP contribution in [-0.2, 0) is 10.0 Å². The molecule has 5 nitrogen and oxygen atoms in total. The topological polar surface area (TPSA) is 89.3 Å². The molecule has 1 aliphatic rings. The summed E-state index contributed by atoms with van der Waals surface area (Å²) in [7, 11) is -3.91. The predicted molar refractivity (Wildman–Crippen MR) is 77.2 cm³/mol. The minimum Gasteiger partial charge on any atom is -0.349 e. The second-order valence-electron chi connectivity index (χ2n) is 5.37. The lowest BCUT2D eigenvalue weighted by Crippen LogP contribution is -2.43. The van der Waals surface area contributed by atoms with E-state index in [1.54, 1.807) is 6.92 Å². The van der Waals surface area contributed by atoms with Crippen molar-refractivity contribution in [2.45, 2.75) is 37.6 Å². The zero-order valence-electron chi connectivity index (χ0n) is 11.3. The van der Waals surface area contributed by atoms with E-state index in [0.29, 0.717) is 11.5 Å². The molecule has 0 spiro atoms. The van der Waals surface area contributed by atoms with E-state index in [9.17, 15) is 13.2 Å². The second kappa shape index (κ2) is 5.35. The number of benzene rings is 1. The van der Waals surface area contributed by atoms with Gasteiger partial charge in [-0.2, -0.15) is 0 Å². The van der Waals surface area contributed by atoms with Crippen LogP contribution < -0.4 is 10.5 Å². The number of sulfonamides is 1. The van der Waals surface area contributed by atoms with Crippen LogP contribution in [0.5, 0.6) is 0 Å². The molecule has 0 aliphatic heterocycles. The van der Waals surface area contributed by atoms with Gasteiger partial charge in [-0.15, -0.1) is 0 Å². The number of carbonyl (C=O) groups excluding carboxylic acids is 1. The average molecular weight is 317 g/mol. The van der Waals surface area contributed by atoms with E-state index >= 15 is 0 Å². The molecule has 0 saturated heterocycles. The Morgan fingerprint density at radius 2 is 2.00 bits per heavy atom. The van der Waals surface area contributed by atoms with Crippen LogP contribution in [0.15, 0.2) is 17.0 Å². The Morgan fingerprint density at radius 1 is 1.40 bits per heavy atom. The van der Waals surface area contributed by atoms with Gasteiger partial charge in [0.1, 0.15) is 0 Å². The van der Waals surface area contributed by atoms with Crippen LogP contribution in [0.3, 0.4) is 0 Å². The Morgan fingerprint density at radius 3 is 2.50 bits per heavy atom. The van der Waals surface area contributed by atoms with Gasteiger partial charge in [-0.1, -0.05) is 18.5 Å². The lowest BCUT2D eigenvalue weighted by atomic mass is 9.82. The third-order valence-electron chi connectivity index (χ3n) is 3.58. The van der Waals surface area contributed by atoms with Crippen molar-refractivity contribution in [1.82, 2.24) is 5.32 Å². The zero-order valence-corrected chi connectivity index (χ0v) is 12.9. The number of amides is 1. The maximum absolute atomic E-state index is 12.2. The molecule has 110 valence electrons. The molecule has 1 aromatic rings. The molecule has 0 aromatic heterocycles. The normalized spacial score (nSPS) is 22.2. The highest BCUT2D eigenvalue weighted by molar-refractivity contribution is 7.89. The Bertz CT molecular complexity index is 652. The summed E-state index contributed by atoms with van der Waals surface area (Å²) < 4.78 is 23.0. The minimum atomic E-state index is -3.91. The van der Waals surface area contributed by atoms with Gasteiger partial charge in [-0.05, 0) is 43.4 Å². The SMILES string of the molecule is Cc1c(C(=O)NC2CC(C)C2)cc(Cl)cc1S(N)(=O)=O. The molecule has 2 rings (SSSR count). The molecule has 0 heterocycles. The van der Waals surface area contributed by atoms with Crippen LogP contribution in [0.4, 0.5) is 0 Å². The van der Waals surface area contributed by atoms with Crippen LogP contribution in [-0.4, -0.2) is 20.4 Å². The first kappa shape index (κ1) is 15.3. The quantitative estimate of drug-likeness (QED) is 0.891. The van der Waals surface area contributed by atoms with Crippen molar-refractivity contribution < 1.29 is 13.2 Å². The van der Waals surface area contributed by atoms with Crippen molar-refractivity contribution in [2.75, 3.05) is 0 Å². The number of carbonyl (C=O) groups is 1. The molecule has 0 unspecified atom stereocenters. The first-order valence-electron chi connectivity index (χ1n) is 6.32. The molecule has 1 fully saturated rings. The van der Waals surface area contributed by atoms with Gasteiger partial charge in [0.05, 0.1) is 4.90 Å². The van der Waals surface area contributed by atoms with E-state index in [-0.39, 0.29) is 27.4 Å². The van der Waals surface area contributed by atoms with Crippen molar-refractivity contribution in [3.63, 3.8) is 0 Å². The van der Waals surface area contributed by atoms with Crippen LogP contribution >= 0.6 is 11.6 Å². The number of rotatable bonds is 3. The van der Waals surface area contributed by atoms with Gasteiger partial charge in [-0.3, -0.25) is 4.79 Å². The summed E-state index contributed by atoms with van der Waals surface area (Å²) >= 11 is 5.88. The van der Waals surface area contributed by atoms with Crippen LogP contribution in [0.25, 0.3) is 0 Å². The highest BCUT2D eigenvalue weighted by atomic mass is 35.5. The monoisotopic (exact) mass is 316 g/mol. The van der Waals surface area contributed by atoms with Gasteiger partial charge in [0.25, 0.3) is 5.91 Å². The average Bonchev–Trinajstić information content (AvgIpc) is 2.28. The van der Waals surface area contributed by atoms with Crippen molar-refractivity contribution in [2.24, 2.45) is 11.1 Å². The minimum absolute atomic E-state index is 0.114. The van der Waals surface area contributed by atoms with E-state index in [4.69, 9.17) is 16.7 Å². The summed E-state index contributed by atoms with van der Waals surface area (Å²) in [4.78, 5) is 12.1. The molecule has 1 aliphatic carbocycles.